The molecule has 0 spiro atoms. The fourth-order valence-electron chi connectivity index (χ4n) is 3.27. The van der Waals surface area contributed by atoms with Crippen LogP contribution < -0.4 is 4.74 Å². The first-order valence-electron chi connectivity index (χ1n) is 11.3. The highest BCUT2D eigenvalue weighted by Crippen LogP contribution is 2.23. The Morgan fingerprint density at radius 3 is 2.29 bits per heavy atom. The van der Waals surface area contributed by atoms with Crippen LogP contribution in [0.5, 0.6) is 5.75 Å². The van der Waals surface area contributed by atoms with Crippen molar-refractivity contribution < 1.29 is 23.5 Å². The van der Waals surface area contributed by atoms with Crippen LogP contribution in [0.1, 0.15) is 29.5 Å². The molecule has 35 heavy (non-hydrogen) atoms. The van der Waals surface area contributed by atoms with Crippen LogP contribution in [0.25, 0.3) is 11.5 Å². The van der Waals surface area contributed by atoms with E-state index in [9.17, 15) is 4.79 Å². The van der Waals surface area contributed by atoms with Crippen molar-refractivity contribution in [3.63, 3.8) is 0 Å². The molecule has 0 aliphatic carbocycles. The van der Waals surface area contributed by atoms with Gasteiger partial charge < -0.3 is 18.7 Å². The van der Waals surface area contributed by atoms with Crippen molar-refractivity contribution in [2.75, 3.05) is 6.61 Å². The van der Waals surface area contributed by atoms with E-state index in [4.69, 9.17) is 18.7 Å². The minimum atomic E-state index is -0.527. The molecular formula is C28H26N2O5. The van der Waals surface area contributed by atoms with E-state index >= 15 is 0 Å². The van der Waals surface area contributed by atoms with E-state index in [0.717, 1.165) is 22.6 Å². The average molecular weight is 471 g/mol. The molecule has 0 atom stereocenters. The van der Waals surface area contributed by atoms with E-state index < -0.39 is 5.97 Å². The summed E-state index contributed by atoms with van der Waals surface area (Å²) in [6.07, 6.45) is 0. The van der Waals surface area contributed by atoms with Gasteiger partial charge in [0.25, 0.3) is 0 Å². The lowest BCUT2D eigenvalue weighted by atomic mass is 10.1. The normalized spacial score (nSPS) is 11.2. The van der Waals surface area contributed by atoms with Crippen molar-refractivity contribution in [1.82, 2.24) is 4.98 Å². The standard InChI is InChI=1S/C28H26N2O5/c1-3-32-28(31)26(22-10-6-4-7-11-22)30-34-18-21-14-16-24(17-15-21)33-19-25-20(2)35-27(29-25)23-12-8-5-9-13-23/h4-17H,3,18-19H2,1-2H3/b30-26+. The van der Waals surface area contributed by atoms with Gasteiger partial charge in [0.15, 0.2) is 5.71 Å². The maximum Gasteiger partial charge on any atom is 0.361 e. The monoisotopic (exact) mass is 470 g/mol. The average Bonchev–Trinajstić information content (AvgIpc) is 3.27. The molecule has 0 fully saturated rings. The Bertz CT molecular complexity index is 1270. The van der Waals surface area contributed by atoms with Crippen molar-refractivity contribution in [3.8, 4) is 17.2 Å². The highest BCUT2D eigenvalue weighted by atomic mass is 16.6. The number of oxime groups is 1. The molecule has 7 heteroatoms. The van der Waals surface area contributed by atoms with Gasteiger partial charge in [-0.15, -0.1) is 0 Å². The summed E-state index contributed by atoms with van der Waals surface area (Å²) in [6.45, 7) is 4.37. The van der Waals surface area contributed by atoms with Crippen LogP contribution in [0.2, 0.25) is 0 Å². The molecule has 0 saturated heterocycles. The maximum absolute atomic E-state index is 12.3. The third-order valence-corrected chi connectivity index (χ3v) is 5.12. The molecule has 3 aromatic carbocycles. The Morgan fingerprint density at radius 2 is 1.60 bits per heavy atom. The molecule has 4 aromatic rings. The van der Waals surface area contributed by atoms with E-state index in [1.807, 2.05) is 79.7 Å². The summed E-state index contributed by atoms with van der Waals surface area (Å²) in [5, 5.41) is 4.04. The zero-order chi connectivity index (χ0) is 24.5. The first-order chi connectivity index (χ1) is 17.1. The molecule has 0 unspecified atom stereocenters. The molecule has 1 aromatic heterocycles. The second-order valence-corrected chi connectivity index (χ2v) is 7.62. The number of aryl methyl sites for hydroxylation is 1. The van der Waals surface area contributed by atoms with E-state index in [1.165, 1.54) is 0 Å². The number of oxazole rings is 1. The Balaban J connectivity index is 1.34. The molecular weight excluding hydrogens is 444 g/mol. The summed E-state index contributed by atoms with van der Waals surface area (Å²) in [5.41, 5.74) is 3.31. The summed E-state index contributed by atoms with van der Waals surface area (Å²) >= 11 is 0. The third kappa shape index (κ3) is 6.35. The molecule has 0 bridgehead atoms. The van der Waals surface area contributed by atoms with Crippen molar-refractivity contribution in [2.45, 2.75) is 27.1 Å². The van der Waals surface area contributed by atoms with Gasteiger partial charge >= 0.3 is 5.97 Å². The summed E-state index contributed by atoms with van der Waals surface area (Å²) < 4.78 is 16.8. The number of aromatic nitrogens is 1. The summed E-state index contributed by atoms with van der Waals surface area (Å²) in [5.74, 6) is 1.47. The van der Waals surface area contributed by atoms with Gasteiger partial charge in [0.1, 0.15) is 30.4 Å². The highest BCUT2D eigenvalue weighted by Gasteiger charge is 2.16. The molecule has 4 rings (SSSR count). The zero-order valence-electron chi connectivity index (χ0n) is 19.6. The number of ether oxygens (including phenoxy) is 2. The minimum absolute atomic E-state index is 0.130. The van der Waals surface area contributed by atoms with Crippen LogP contribution in [0.4, 0.5) is 0 Å². The number of hydrogen-bond acceptors (Lipinski definition) is 7. The topological polar surface area (TPSA) is 83.2 Å². The van der Waals surface area contributed by atoms with Crippen LogP contribution in [0, 0.1) is 6.92 Å². The van der Waals surface area contributed by atoms with E-state index in [0.29, 0.717) is 23.8 Å². The number of rotatable bonds is 10. The lowest BCUT2D eigenvalue weighted by Crippen LogP contribution is -2.19. The Kier molecular flexibility index (Phi) is 7.91. The molecule has 178 valence electrons. The fraction of sp³-hybridized carbons (Fsp3) is 0.179. The summed E-state index contributed by atoms with van der Waals surface area (Å²) in [6, 6.07) is 26.3. The van der Waals surface area contributed by atoms with Crippen LogP contribution >= 0.6 is 0 Å². The van der Waals surface area contributed by atoms with Gasteiger partial charge in [-0.1, -0.05) is 65.8 Å². The molecule has 0 aliphatic heterocycles. The molecule has 7 nitrogen and oxygen atoms in total. The van der Waals surface area contributed by atoms with Crippen molar-refractivity contribution in [3.05, 3.63) is 108 Å². The van der Waals surface area contributed by atoms with Gasteiger partial charge in [-0.2, -0.15) is 0 Å². The molecule has 0 saturated carbocycles. The lowest BCUT2D eigenvalue weighted by Gasteiger charge is -2.08. The SMILES string of the molecule is CCOC(=O)/C(=N/OCc1ccc(OCc2nc(-c3ccccc3)oc2C)cc1)c1ccccc1. The second-order valence-electron chi connectivity index (χ2n) is 7.62. The van der Waals surface area contributed by atoms with Gasteiger partial charge in [-0.05, 0) is 43.7 Å². The molecule has 0 amide bonds. The number of benzene rings is 3. The Morgan fingerprint density at radius 1 is 0.914 bits per heavy atom. The zero-order valence-corrected chi connectivity index (χ0v) is 19.6. The van der Waals surface area contributed by atoms with Gasteiger partial charge in [-0.3, -0.25) is 0 Å². The van der Waals surface area contributed by atoms with Crippen LogP contribution in [-0.2, 0) is 27.6 Å². The number of esters is 1. The predicted octanol–water partition coefficient (Wildman–Crippen LogP) is 5.71. The van der Waals surface area contributed by atoms with Gasteiger partial charge in [0.2, 0.25) is 5.89 Å². The largest absolute Gasteiger partial charge is 0.487 e. The number of hydrogen-bond donors (Lipinski definition) is 0. The van der Waals surface area contributed by atoms with Crippen molar-refractivity contribution in [1.29, 1.82) is 0 Å². The van der Waals surface area contributed by atoms with Crippen LogP contribution in [-0.4, -0.2) is 23.3 Å². The van der Waals surface area contributed by atoms with Gasteiger partial charge in [0, 0.05) is 11.1 Å². The molecule has 0 radical (unpaired) electrons. The number of nitrogens with zero attached hydrogens (tertiary/aromatic N) is 2. The predicted molar refractivity (Wildman–Crippen MR) is 132 cm³/mol. The first kappa shape index (κ1) is 23.8. The molecule has 1 heterocycles. The van der Waals surface area contributed by atoms with E-state index in [-0.39, 0.29) is 18.9 Å². The first-order valence-corrected chi connectivity index (χ1v) is 11.3. The van der Waals surface area contributed by atoms with Crippen molar-refractivity contribution >= 4 is 11.7 Å². The van der Waals surface area contributed by atoms with E-state index in [1.54, 1.807) is 19.1 Å². The Labute approximate surface area is 204 Å². The van der Waals surface area contributed by atoms with Crippen molar-refractivity contribution in [2.24, 2.45) is 5.16 Å². The van der Waals surface area contributed by atoms with Gasteiger partial charge in [-0.25, -0.2) is 9.78 Å². The number of carbonyl (C=O) groups excluding carboxylic acids is 1. The molecule has 0 aliphatic rings. The quantitative estimate of drug-likeness (QED) is 0.168. The smallest absolute Gasteiger partial charge is 0.361 e. The minimum Gasteiger partial charge on any atom is -0.487 e. The highest BCUT2D eigenvalue weighted by molar-refractivity contribution is 6.43. The second kappa shape index (κ2) is 11.7. The van der Waals surface area contributed by atoms with Gasteiger partial charge in [0.05, 0.1) is 6.61 Å². The maximum atomic E-state index is 12.3. The number of carbonyl (C=O) groups is 1. The Hall–Kier alpha value is -4.39. The van der Waals surface area contributed by atoms with E-state index in [2.05, 4.69) is 10.1 Å². The lowest BCUT2D eigenvalue weighted by molar-refractivity contribution is -0.135. The fourth-order valence-corrected chi connectivity index (χ4v) is 3.27. The summed E-state index contributed by atoms with van der Waals surface area (Å²) in [7, 11) is 0. The third-order valence-electron chi connectivity index (χ3n) is 5.12. The van der Waals surface area contributed by atoms with Crippen LogP contribution in [0.3, 0.4) is 0 Å². The summed E-state index contributed by atoms with van der Waals surface area (Å²) in [4.78, 5) is 22.3. The van der Waals surface area contributed by atoms with Crippen LogP contribution in [0.15, 0.2) is 94.5 Å². The molecule has 0 N–H and O–H groups in total.